The van der Waals surface area contributed by atoms with Crippen molar-refractivity contribution in [2.24, 2.45) is 16.9 Å². The molecule has 0 fully saturated rings. The van der Waals surface area contributed by atoms with Crippen molar-refractivity contribution in [2.45, 2.75) is 68.9 Å². The number of primary amides is 1. The number of aliphatic hydroxyl groups excluding tert-OH is 1. The molecule has 2 aromatic heterocycles. The van der Waals surface area contributed by atoms with E-state index in [2.05, 4.69) is 15.0 Å². The van der Waals surface area contributed by atoms with Gasteiger partial charge in [0.25, 0.3) is 0 Å². The number of nitrogens with zero attached hydrogens (tertiary/aromatic N) is 6. The molecule has 2 heterocycles. The van der Waals surface area contributed by atoms with Crippen LogP contribution in [-0.2, 0) is 51.0 Å². The van der Waals surface area contributed by atoms with Crippen molar-refractivity contribution in [3.8, 4) is 39.8 Å². The van der Waals surface area contributed by atoms with Gasteiger partial charge in [-0.2, -0.15) is 9.10 Å². The maximum atomic E-state index is 16.2. The van der Waals surface area contributed by atoms with Crippen LogP contribution in [0.2, 0.25) is 0 Å². The molecule has 22 heteroatoms. The Bertz CT molecular complexity index is 3090. The summed E-state index contributed by atoms with van der Waals surface area (Å²) in [6, 6.07) is 27.4. The van der Waals surface area contributed by atoms with Crippen molar-refractivity contribution < 1.29 is 45.7 Å². The molecule has 0 spiro atoms. The number of hydrogen-bond acceptors (Lipinski definition) is 16. The maximum Gasteiger partial charge on any atom is 0.404 e. The number of carbonyl (C=O) groups excluding carboxylic acids is 1. The number of fused-ring (bicyclic) bond motifs is 1. The molecule has 0 saturated carbocycles. The van der Waals surface area contributed by atoms with Crippen LogP contribution in [0.25, 0.3) is 32.7 Å². The van der Waals surface area contributed by atoms with Gasteiger partial charge in [0.05, 0.1) is 49.7 Å². The number of para-hydroxylation sites is 1. The monoisotopic (exact) mass is 999 g/mol. The molecule has 7 rings (SSSR count). The first-order chi connectivity index (χ1) is 32.8. The second-order valence-electron chi connectivity index (χ2n) is 16.9. The number of aromatic nitrogens is 5. The Labute approximate surface area is 404 Å². The van der Waals surface area contributed by atoms with Gasteiger partial charge in [-0.3, -0.25) is 0 Å². The lowest BCUT2D eigenvalue weighted by atomic mass is 9.84. The van der Waals surface area contributed by atoms with Crippen LogP contribution in [0.15, 0.2) is 113 Å². The number of hydrogen-bond donors (Lipinski definition) is 4. The van der Waals surface area contributed by atoms with Gasteiger partial charge in [-0.05, 0) is 81.4 Å². The molecule has 5 aromatic carbocycles. The standard InChI is InChI=1S/C47H53N9O10S3/c1-47(2,3)44(37(57)28-66-46(49)58)53-68(59,60)39-23-22-35(36-8-7-9-38-42(36)50-40(24-48)67-38)41(45-51-54-56(52-45)27-31-14-20-34(65-6)21-15-31)43(39)69(61,62)55(25-29-10-16-32(63-4)17-11-29)26-30-12-18-33(64-5)19-13-30/h7-23,37,44,53,57H,24-28,48H2,1-6H3,(H2,49,58)/t37-,44?/m1/s1. The van der Waals surface area contributed by atoms with E-state index in [1.807, 2.05) is 18.2 Å². The number of benzene rings is 5. The molecule has 0 saturated heterocycles. The predicted octanol–water partition coefficient (Wildman–Crippen LogP) is 5.69. The lowest BCUT2D eigenvalue weighted by Gasteiger charge is -2.35. The lowest BCUT2D eigenvalue weighted by Crippen LogP contribution is -2.53. The second kappa shape index (κ2) is 21.0. The summed E-state index contributed by atoms with van der Waals surface area (Å²) in [5, 5.41) is 25.5. The SMILES string of the molecule is COc1ccc(CN(Cc2ccc(OC)cc2)S(=O)(=O)c2c(S(=O)(=O)NC([C@H](O)COC(N)=O)C(C)(C)C)ccc(-c3cccc4sc(CN)nc34)c2-c2nnn(Cc3ccc(OC)cc3)n2)cc1. The summed E-state index contributed by atoms with van der Waals surface area (Å²) < 4.78 is 88.5. The van der Waals surface area contributed by atoms with Crippen molar-refractivity contribution in [1.82, 2.24) is 34.2 Å². The number of nitrogens with one attached hydrogen (secondary N) is 1. The maximum absolute atomic E-state index is 16.2. The zero-order chi connectivity index (χ0) is 49.7. The molecule has 2 atom stereocenters. The fraction of sp³-hybridized carbons (Fsp3) is 0.298. The number of methoxy groups -OCH3 is 3. The largest absolute Gasteiger partial charge is 0.497 e. The number of aliphatic hydroxyl groups is 1. The first-order valence-corrected chi connectivity index (χ1v) is 25.1. The Morgan fingerprint density at radius 2 is 1.38 bits per heavy atom. The number of carbonyl (C=O) groups is 1. The molecular formula is C47H53N9O10S3. The molecule has 364 valence electrons. The molecule has 6 N–H and O–H groups in total. The van der Waals surface area contributed by atoms with Gasteiger partial charge < -0.3 is 35.5 Å². The highest BCUT2D eigenvalue weighted by molar-refractivity contribution is 7.92. The molecule has 0 radical (unpaired) electrons. The van der Waals surface area contributed by atoms with Crippen LogP contribution >= 0.6 is 11.3 Å². The summed E-state index contributed by atoms with van der Waals surface area (Å²) in [4.78, 5) is 16.3. The highest BCUT2D eigenvalue weighted by Gasteiger charge is 2.41. The molecule has 7 aromatic rings. The molecule has 0 bridgehead atoms. The Hall–Kier alpha value is -6.53. The van der Waals surface area contributed by atoms with Crippen molar-refractivity contribution in [2.75, 3.05) is 27.9 Å². The molecule has 69 heavy (non-hydrogen) atoms. The first-order valence-electron chi connectivity index (χ1n) is 21.4. The number of sulfonamides is 2. The number of ether oxygens (including phenoxy) is 4. The molecule has 19 nitrogen and oxygen atoms in total. The van der Waals surface area contributed by atoms with Gasteiger partial charge in [-0.15, -0.1) is 21.5 Å². The van der Waals surface area contributed by atoms with E-state index >= 15 is 16.8 Å². The molecule has 1 amide bonds. The summed E-state index contributed by atoms with van der Waals surface area (Å²) >= 11 is 1.36. The predicted molar refractivity (Wildman–Crippen MR) is 259 cm³/mol. The fourth-order valence-corrected chi connectivity index (χ4v) is 12.4. The number of nitrogens with two attached hydrogens (primary N) is 2. The molecule has 0 aliphatic heterocycles. The Morgan fingerprint density at radius 3 is 1.90 bits per heavy atom. The van der Waals surface area contributed by atoms with E-state index in [1.54, 1.807) is 101 Å². The average Bonchev–Trinajstić information content (AvgIpc) is 3.99. The van der Waals surface area contributed by atoms with Crippen LogP contribution in [0.3, 0.4) is 0 Å². The first kappa shape index (κ1) is 50.3. The highest BCUT2D eigenvalue weighted by atomic mass is 32.2. The Balaban J connectivity index is 1.54. The Kier molecular flexibility index (Phi) is 15.3. The third kappa shape index (κ3) is 11.5. The molecular weight excluding hydrogens is 947 g/mol. The van der Waals surface area contributed by atoms with Gasteiger partial charge >= 0.3 is 6.09 Å². The zero-order valence-electron chi connectivity index (χ0n) is 38.7. The van der Waals surface area contributed by atoms with Gasteiger partial charge in [-0.1, -0.05) is 75.4 Å². The summed E-state index contributed by atoms with van der Waals surface area (Å²) in [7, 11) is -5.47. The second-order valence-corrected chi connectivity index (χ2v) is 21.6. The fourth-order valence-electron chi connectivity index (χ4n) is 7.63. The van der Waals surface area contributed by atoms with E-state index in [9.17, 15) is 9.90 Å². The van der Waals surface area contributed by atoms with Crippen LogP contribution in [0.4, 0.5) is 4.79 Å². The van der Waals surface area contributed by atoms with Gasteiger partial charge in [0.2, 0.25) is 25.9 Å². The van der Waals surface area contributed by atoms with Crippen LogP contribution in [0, 0.1) is 5.41 Å². The number of amides is 1. The zero-order valence-corrected chi connectivity index (χ0v) is 41.1. The topological polar surface area (TPSA) is 266 Å². The molecule has 1 unspecified atom stereocenters. The molecule has 0 aliphatic rings. The minimum Gasteiger partial charge on any atom is -0.497 e. The van der Waals surface area contributed by atoms with Gasteiger partial charge in [0.15, 0.2) is 0 Å². The summed E-state index contributed by atoms with van der Waals surface area (Å²) in [5.41, 5.74) is 13.0. The van der Waals surface area contributed by atoms with Gasteiger partial charge in [0, 0.05) is 25.2 Å². The van der Waals surface area contributed by atoms with Crippen molar-refractivity contribution in [3.05, 3.63) is 125 Å². The number of tetrazole rings is 1. The van der Waals surface area contributed by atoms with E-state index in [0.717, 1.165) is 14.6 Å². The average molecular weight is 1000 g/mol. The van der Waals surface area contributed by atoms with E-state index in [0.29, 0.717) is 44.5 Å². The minimum atomic E-state index is -5.04. The van der Waals surface area contributed by atoms with E-state index in [1.165, 1.54) is 42.5 Å². The van der Waals surface area contributed by atoms with Crippen LogP contribution in [0.5, 0.6) is 17.2 Å². The van der Waals surface area contributed by atoms with Gasteiger partial charge in [-0.25, -0.2) is 31.3 Å². The quantitative estimate of drug-likeness (QED) is 0.0715. The molecule has 0 aliphatic carbocycles. The normalized spacial score (nSPS) is 13.1. The number of rotatable bonds is 20. The van der Waals surface area contributed by atoms with Crippen LogP contribution in [-0.4, -0.2) is 97.6 Å². The van der Waals surface area contributed by atoms with Crippen molar-refractivity contribution >= 4 is 47.7 Å². The van der Waals surface area contributed by atoms with E-state index in [-0.39, 0.29) is 43.1 Å². The third-order valence-corrected chi connectivity index (χ3v) is 15.7. The summed E-state index contributed by atoms with van der Waals surface area (Å²) in [6.07, 6.45) is -2.82. The van der Waals surface area contributed by atoms with E-state index in [4.69, 9.17) is 40.5 Å². The lowest BCUT2D eigenvalue weighted by molar-refractivity contribution is 0.0253. The summed E-state index contributed by atoms with van der Waals surface area (Å²) in [5.74, 6) is 1.47. The van der Waals surface area contributed by atoms with Crippen LogP contribution in [0.1, 0.15) is 42.5 Å². The smallest absolute Gasteiger partial charge is 0.404 e. The Morgan fingerprint density at radius 1 is 0.812 bits per heavy atom. The van der Waals surface area contributed by atoms with Crippen LogP contribution < -0.4 is 30.4 Å². The summed E-state index contributed by atoms with van der Waals surface area (Å²) in [6.45, 7) is 4.02. The van der Waals surface area contributed by atoms with E-state index < -0.39 is 60.1 Å². The van der Waals surface area contributed by atoms with Gasteiger partial charge in [0.1, 0.15) is 44.8 Å². The number of thiazole rings is 1. The minimum absolute atomic E-state index is 0.0923. The highest BCUT2D eigenvalue weighted by Crippen LogP contribution is 2.44. The third-order valence-electron chi connectivity index (χ3n) is 11.1. The van der Waals surface area contributed by atoms with Crippen molar-refractivity contribution in [1.29, 1.82) is 0 Å². The van der Waals surface area contributed by atoms with Crippen molar-refractivity contribution in [3.63, 3.8) is 0 Å².